The van der Waals surface area contributed by atoms with Gasteiger partial charge >= 0.3 is 0 Å². The van der Waals surface area contributed by atoms with Crippen LogP contribution in [0.1, 0.15) is 36.1 Å². The van der Waals surface area contributed by atoms with E-state index in [1.54, 1.807) is 37.5 Å². The van der Waals surface area contributed by atoms with Crippen LogP contribution in [0.15, 0.2) is 85.0 Å². The highest BCUT2D eigenvalue weighted by Crippen LogP contribution is 2.38. The minimum absolute atomic E-state index is 0.00259. The number of benzene rings is 3. The summed E-state index contributed by atoms with van der Waals surface area (Å²) in [5, 5.41) is 8.29. The van der Waals surface area contributed by atoms with Gasteiger partial charge < -0.3 is 10.1 Å². The highest BCUT2D eigenvalue weighted by atomic mass is 19.3. The van der Waals surface area contributed by atoms with Crippen molar-refractivity contribution >= 4 is 11.3 Å². The zero-order valence-corrected chi connectivity index (χ0v) is 18.7. The number of nitrogens with one attached hydrogen (secondary N) is 1. The lowest BCUT2D eigenvalue weighted by molar-refractivity contribution is 0.0181. The Hall–Kier alpha value is -3.53. The summed E-state index contributed by atoms with van der Waals surface area (Å²) in [6.45, 7) is 4.73. The molecule has 3 rings (SSSR count). The van der Waals surface area contributed by atoms with E-state index in [-0.39, 0.29) is 5.56 Å². The molecule has 32 heavy (non-hydrogen) atoms. The van der Waals surface area contributed by atoms with Crippen molar-refractivity contribution in [2.45, 2.75) is 26.7 Å². The number of para-hydroxylation sites is 1. The third kappa shape index (κ3) is 5.20. The largest absolute Gasteiger partial charge is 0.496 e. The van der Waals surface area contributed by atoms with Gasteiger partial charge in [-0.15, -0.1) is 0 Å². The molecule has 0 radical (unpaired) electrons. The van der Waals surface area contributed by atoms with Gasteiger partial charge in [0.2, 0.25) is 0 Å². The molecule has 2 nitrogen and oxygen atoms in total. The lowest BCUT2D eigenvalue weighted by atomic mass is 9.90. The van der Waals surface area contributed by atoms with Gasteiger partial charge in [-0.1, -0.05) is 60.7 Å². The van der Waals surface area contributed by atoms with Crippen LogP contribution in [-0.4, -0.2) is 12.8 Å². The molecular weight excluding hydrogens is 404 g/mol. The second-order valence-corrected chi connectivity index (χ2v) is 7.79. The van der Waals surface area contributed by atoms with Crippen LogP contribution in [0.4, 0.5) is 8.78 Å². The van der Waals surface area contributed by atoms with Gasteiger partial charge in [-0.2, -0.15) is 0 Å². The van der Waals surface area contributed by atoms with Gasteiger partial charge in [0.05, 0.1) is 12.8 Å². The zero-order chi connectivity index (χ0) is 23.3. The molecule has 0 bridgehead atoms. The van der Waals surface area contributed by atoms with Crippen molar-refractivity contribution in [2.24, 2.45) is 0 Å². The second kappa shape index (κ2) is 9.73. The molecule has 164 valence electrons. The molecule has 0 saturated carbocycles. The van der Waals surface area contributed by atoms with Crippen molar-refractivity contribution in [3.8, 4) is 16.9 Å². The van der Waals surface area contributed by atoms with Gasteiger partial charge in [0.25, 0.3) is 5.92 Å². The van der Waals surface area contributed by atoms with Gasteiger partial charge in [-0.05, 0) is 65.9 Å². The van der Waals surface area contributed by atoms with Crippen molar-refractivity contribution in [1.29, 1.82) is 5.41 Å². The van der Waals surface area contributed by atoms with Crippen LogP contribution in [-0.2, 0) is 5.92 Å². The van der Waals surface area contributed by atoms with E-state index in [0.29, 0.717) is 28.2 Å². The molecule has 3 aromatic rings. The quantitative estimate of drug-likeness (QED) is 0.300. The predicted molar refractivity (Wildman–Crippen MR) is 129 cm³/mol. The fraction of sp³-hybridized carbons (Fsp3) is 0.179. The first-order valence-electron chi connectivity index (χ1n) is 10.4. The van der Waals surface area contributed by atoms with Crippen LogP contribution in [0.2, 0.25) is 0 Å². The van der Waals surface area contributed by atoms with E-state index in [4.69, 9.17) is 10.1 Å². The molecule has 0 spiro atoms. The number of ether oxygens (including phenoxy) is 1. The smallest absolute Gasteiger partial charge is 0.271 e. The molecule has 0 aromatic heterocycles. The molecule has 0 fully saturated rings. The van der Waals surface area contributed by atoms with Crippen molar-refractivity contribution in [3.05, 3.63) is 107 Å². The molecule has 0 aliphatic heterocycles. The number of halogens is 2. The summed E-state index contributed by atoms with van der Waals surface area (Å²) in [5.41, 5.74) is 4.85. The lowest BCUT2D eigenvalue weighted by Crippen LogP contribution is -2.10. The van der Waals surface area contributed by atoms with E-state index in [0.717, 1.165) is 23.6 Å². The fourth-order valence-electron chi connectivity index (χ4n) is 3.60. The molecular formula is C28H27F2NO. The SMILES string of the molecule is COc1ccccc1C(=N)/C=C/C=C(C)c1ccc(-c2ccccc2C)c(C(C)(F)F)c1. The normalized spacial score (nSPS) is 12.2. The van der Waals surface area contributed by atoms with E-state index in [1.165, 1.54) is 0 Å². The molecule has 0 amide bonds. The highest BCUT2D eigenvalue weighted by Gasteiger charge is 2.28. The van der Waals surface area contributed by atoms with Gasteiger partial charge in [0.15, 0.2) is 0 Å². The van der Waals surface area contributed by atoms with Gasteiger partial charge in [-0.25, -0.2) is 8.78 Å². The fourth-order valence-corrected chi connectivity index (χ4v) is 3.60. The molecule has 3 aromatic carbocycles. The Morgan fingerprint density at radius 3 is 2.34 bits per heavy atom. The minimum Gasteiger partial charge on any atom is -0.496 e. The zero-order valence-electron chi connectivity index (χ0n) is 18.7. The van der Waals surface area contributed by atoms with Crippen molar-refractivity contribution < 1.29 is 13.5 Å². The van der Waals surface area contributed by atoms with Crippen LogP contribution in [0.3, 0.4) is 0 Å². The summed E-state index contributed by atoms with van der Waals surface area (Å²) >= 11 is 0. The van der Waals surface area contributed by atoms with Gasteiger partial charge in [0, 0.05) is 18.1 Å². The summed E-state index contributed by atoms with van der Waals surface area (Å²) in [7, 11) is 1.57. The Morgan fingerprint density at radius 2 is 1.66 bits per heavy atom. The maximum atomic E-state index is 14.5. The number of allylic oxidation sites excluding steroid dienone is 4. The van der Waals surface area contributed by atoms with Crippen LogP contribution < -0.4 is 4.74 Å². The summed E-state index contributed by atoms with van der Waals surface area (Å²) in [5.74, 6) is -2.35. The van der Waals surface area contributed by atoms with Crippen molar-refractivity contribution in [2.75, 3.05) is 7.11 Å². The predicted octanol–water partition coefficient (Wildman–Crippen LogP) is 7.81. The first-order valence-corrected chi connectivity index (χ1v) is 10.4. The Kier molecular flexibility index (Phi) is 7.04. The summed E-state index contributed by atoms with van der Waals surface area (Å²) in [6, 6.07) is 20.1. The van der Waals surface area contributed by atoms with Crippen LogP contribution >= 0.6 is 0 Å². The van der Waals surface area contributed by atoms with E-state index < -0.39 is 5.92 Å². The number of hydrogen-bond donors (Lipinski definition) is 1. The molecule has 0 aliphatic carbocycles. The Bertz CT molecular complexity index is 1190. The molecule has 4 heteroatoms. The number of alkyl halides is 2. The monoisotopic (exact) mass is 431 g/mol. The van der Waals surface area contributed by atoms with Crippen molar-refractivity contribution in [1.82, 2.24) is 0 Å². The number of methoxy groups -OCH3 is 1. The van der Waals surface area contributed by atoms with Crippen LogP contribution in [0, 0.1) is 12.3 Å². The van der Waals surface area contributed by atoms with Crippen LogP contribution in [0.5, 0.6) is 5.75 Å². The van der Waals surface area contributed by atoms with Crippen LogP contribution in [0.25, 0.3) is 16.7 Å². The number of hydrogen-bond acceptors (Lipinski definition) is 2. The topological polar surface area (TPSA) is 33.1 Å². The third-order valence-corrected chi connectivity index (χ3v) is 5.39. The molecule has 0 saturated heterocycles. The summed E-state index contributed by atoms with van der Waals surface area (Å²) in [6.07, 6.45) is 5.24. The average Bonchev–Trinajstić information content (AvgIpc) is 2.78. The maximum Gasteiger partial charge on any atom is 0.271 e. The third-order valence-electron chi connectivity index (χ3n) is 5.39. The minimum atomic E-state index is -2.98. The first-order chi connectivity index (χ1) is 15.2. The highest BCUT2D eigenvalue weighted by molar-refractivity contribution is 6.08. The summed E-state index contributed by atoms with van der Waals surface area (Å²) in [4.78, 5) is 0. The molecule has 1 N–H and O–H groups in total. The maximum absolute atomic E-state index is 14.5. The Morgan fingerprint density at radius 1 is 0.969 bits per heavy atom. The number of rotatable bonds is 7. The van der Waals surface area contributed by atoms with E-state index >= 15 is 0 Å². The van der Waals surface area contributed by atoms with Gasteiger partial charge in [0.1, 0.15) is 5.75 Å². The van der Waals surface area contributed by atoms with E-state index in [9.17, 15) is 8.78 Å². The van der Waals surface area contributed by atoms with Gasteiger partial charge in [-0.3, -0.25) is 0 Å². The number of aryl methyl sites for hydroxylation is 1. The van der Waals surface area contributed by atoms with Crippen molar-refractivity contribution in [3.63, 3.8) is 0 Å². The first kappa shape index (κ1) is 23.1. The molecule has 0 unspecified atom stereocenters. The van der Waals surface area contributed by atoms with E-state index in [2.05, 4.69) is 0 Å². The summed E-state index contributed by atoms with van der Waals surface area (Å²) < 4.78 is 34.3. The average molecular weight is 432 g/mol. The second-order valence-electron chi connectivity index (χ2n) is 7.79. The Labute approximate surface area is 188 Å². The lowest BCUT2D eigenvalue weighted by Gasteiger charge is -2.19. The molecule has 0 heterocycles. The molecule has 0 atom stereocenters. The molecule has 0 aliphatic rings. The standard InChI is InChI=1S/C28H27F2NO/c1-19(11-9-14-26(31)24-13-7-8-15-27(24)32-4)21-16-17-23(25(18-21)28(3,29)30)22-12-6-5-10-20(22)2/h5-18,31H,1-4H3/b14-9+,19-11?,31-26?. The Balaban J connectivity index is 1.92. The van der Waals surface area contributed by atoms with E-state index in [1.807, 2.05) is 68.5 Å².